The number of aliphatic hydroxyl groups excluding tert-OH is 1. The first-order chi connectivity index (χ1) is 9.24. The third kappa shape index (κ3) is 3.75. The first-order valence-electron chi connectivity index (χ1n) is 7.05. The second-order valence-corrected chi connectivity index (χ2v) is 4.86. The minimum atomic E-state index is -0.440. The van der Waals surface area contributed by atoms with Gasteiger partial charge in [0.05, 0.1) is 18.6 Å². The Morgan fingerprint density at radius 3 is 2.84 bits per heavy atom. The molecule has 1 saturated heterocycles. The Morgan fingerprint density at radius 2 is 2.16 bits per heavy atom. The van der Waals surface area contributed by atoms with Gasteiger partial charge >= 0.3 is 0 Å². The third-order valence-electron chi connectivity index (χ3n) is 3.67. The minimum absolute atomic E-state index is 0.177. The summed E-state index contributed by atoms with van der Waals surface area (Å²) in [6.45, 7) is 8.31. The van der Waals surface area contributed by atoms with E-state index in [1.165, 1.54) is 0 Å². The van der Waals surface area contributed by atoms with Crippen LogP contribution in [0.15, 0.2) is 4.52 Å². The van der Waals surface area contributed by atoms with E-state index in [1.54, 1.807) is 0 Å². The summed E-state index contributed by atoms with van der Waals surface area (Å²) in [5.74, 6) is 1.03. The Morgan fingerprint density at radius 1 is 1.37 bits per heavy atom. The Balaban J connectivity index is 1.91. The normalized spacial score (nSPS) is 24.0. The second kappa shape index (κ2) is 6.98. The predicted molar refractivity (Wildman–Crippen MR) is 70.0 cm³/mol. The topological polar surface area (TPSA) is 71.6 Å². The zero-order chi connectivity index (χ0) is 13.7. The van der Waals surface area contributed by atoms with E-state index >= 15 is 0 Å². The fraction of sp³-hybridized carbons (Fsp3) is 0.846. The van der Waals surface area contributed by atoms with Crippen LogP contribution >= 0.6 is 0 Å². The molecule has 2 heterocycles. The zero-order valence-electron chi connectivity index (χ0n) is 11.7. The van der Waals surface area contributed by atoms with Crippen LogP contribution in [0.5, 0.6) is 0 Å². The number of aliphatic hydroxyl groups is 1. The largest absolute Gasteiger partial charge is 0.392 e. The number of nitrogens with zero attached hydrogens (tertiary/aromatic N) is 3. The predicted octanol–water partition coefficient (Wildman–Crippen LogP) is 0.819. The van der Waals surface area contributed by atoms with Crippen LogP contribution in [0.2, 0.25) is 0 Å². The summed E-state index contributed by atoms with van der Waals surface area (Å²) in [5, 5.41) is 13.9. The molecule has 0 saturated carbocycles. The summed E-state index contributed by atoms with van der Waals surface area (Å²) >= 11 is 0. The van der Waals surface area contributed by atoms with Crippen molar-refractivity contribution in [1.82, 2.24) is 15.0 Å². The van der Waals surface area contributed by atoms with E-state index in [-0.39, 0.29) is 5.92 Å². The molecule has 1 aromatic heterocycles. The molecule has 0 spiro atoms. The second-order valence-electron chi connectivity index (χ2n) is 4.86. The van der Waals surface area contributed by atoms with Gasteiger partial charge in [-0.3, -0.25) is 0 Å². The van der Waals surface area contributed by atoms with Crippen molar-refractivity contribution in [1.29, 1.82) is 0 Å². The van der Waals surface area contributed by atoms with Gasteiger partial charge in [0.1, 0.15) is 0 Å². The molecule has 2 atom stereocenters. The van der Waals surface area contributed by atoms with Crippen LogP contribution in [0.3, 0.4) is 0 Å². The van der Waals surface area contributed by atoms with Gasteiger partial charge < -0.3 is 19.3 Å². The quantitative estimate of drug-likeness (QED) is 0.824. The Bertz CT molecular complexity index is 379. The van der Waals surface area contributed by atoms with Crippen molar-refractivity contribution in [2.45, 2.75) is 38.7 Å². The average Bonchev–Trinajstić information content (AvgIpc) is 2.89. The number of ether oxygens (including phenoxy) is 1. The van der Waals surface area contributed by atoms with Crippen LogP contribution in [0.1, 0.15) is 37.9 Å². The van der Waals surface area contributed by atoms with E-state index in [4.69, 9.17) is 9.26 Å². The molecule has 0 aromatic carbocycles. The fourth-order valence-electron chi connectivity index (χ4n) is 2.28. The maximum absolute atomic E-state index is 9.91. The number of rotatable bonds is 6. The van der Waals surface area contributed by atoms with Crippen molar-refractivity contribution in [2.24, 2.45) is 0 Å². The van der Waals surface area contributed by atoms with Crippen molar-refractivity contribution < 1.29 is 14.4 Å². The third-order valence-corrected chi connectivity index (χ3v) is 3.67. The van der Waals surface area contributed by atoms with Crippen molar-refractivity contribution in [3.63, 3.8) is 0 Å². The maximum atomic E-state index is 9.91. The summed E-state index contributed by atoms with van der Waals surface area (Å²) in [6.07, 6.45) is 0.960. The van der Waals surface area contributed by atoms with E-state index in [1.807, 2.05) is 0 Å². The molecule has 2 unspecified atom stereocenters. The molecule has 1 aliphatic rings. The van der Waals surface area contributed by atoms with Gasteiger partial charge in [0.2, 0.25) is 5.89 Å². The van der Waals surface area contributed by atoms with Crippen molar-refractivity contribution in [3.05, 3.63) is 11.7 Å². The highest BCUT2D eigenvalue weighted by atomic mass is 16.5. The summed E-state index contributed by atoms with van der Waals surface area (Å²) in [7, 11) is 0. The monoisotopic (exact) mass is 269 g/mol. The van der Waals surface area contributed by atoms with Gasteiger partial charge in [0, 0.05) is 19.6 Å². The first-order valence-corrected chi connectivity index (χ1v) is 7.05. The molecule has 2 rings (SSSR count). The van der Waals surface area contributed by atoms with Gasteiger partial charge in [0.25, 0.3) is 0 Å². The van der Waals surface area contributed by atoms with E-state index in [0.29, 0.717) is 31.3 Å². The highest BCUT2D eigenvalue weighted by Crippen LogP contribution is 2.24. The number of aromatic nitrogens is 2. The Hall–Kier alpha value is -0.980. The van der Waals surface area contributed by atoms with Crippen LogP contribution in [0.25, 0.3) is 0 Å². The molecule has 6 nitrogen and oxygen atoms in total. The molecule has 0 amide bonds. The van der Waals surface area contributed by atoms with Crippen LogP contribution in [0, 0.1) is 0 Å². The van der Waals surface area contributed by atoms with Gasteiger partial charge in [-0.25, -0.2) is 0 Å². The molecule has 1 aromatic rings. The van der Waals surface area contributed by atoms with E-state index in [2.05, 4.69) is 28.9 Å². The zero-order valence-corrected chi connectivity index (χ0v) is 11.7. The maximum Gasteiger partial charge on any atom is 0.234 e. The van der Waals surface area contributed by atoms with Gasteiger partial charge in [-0.05, 0) is 19.5 Å². The molecule has 0 aliphatic carbocycles. The molecule has 19 heavy (non-hydrogen) atoms. The highest BCUT2D eigenvalue weighted by molar-refractivity contribution is 4.99. The average molecular weight is 269 g/mol. The van der Waals surface area contributed by atoms with Gasteiger partial charge in [-0.1, -0.05) is 19.0 Å². The van der Waals surface area contributed by atoms with Crippen LogP contribution in [-0.2, 0) is 11.2 Å². The molecule has 6 heteroatoms. The minimum Gasteiger partial charge on any atom is -0.392 e. The lowest BCUT2D eigenvalue weighted by atomic mass is 9.99. The number of hydrogen-bond donors (Lipinski definition) is 1. The molecule has 108 valence electrons. The van der Waals surface area contributed by atoms with Crippen LogP contribution in [0.4, 0.5) is 0 Å². The van der Waals surface area contributed by atoms with Crippen molar-refractivity contribution in [2.75, 3.05) is 32.8 Å². The summed E-state index contributed by atoms with van der Waals surface area (Å²) in [5.41, 5.74) is 0. The molecule has 1 N–H and O–H groups in total. The summed E-state index contributed by atoms with van der Waals surface area (Å²) in [6, 6.07) is 0. The Labute approximate surface area is 113 Å². The van der Waals surface area contributed by atoms with E-state index in [9.17, 15) is 5.11 Å². The molecular weight excluding hydrogens is 246 g/mol. The highest BCUT2D eigenvalue weighted by Gasteiger charge is 2.30. The molecular formula is C13H23N3O3. The lowest BCUT2D eigenvalue weighted by Crippen LogP contribution is -2.30. The van der Waals surface area contributed by atoms with E-state index < -0.39 is 6.10 Å². The van der Waals surface area contributed by atoms with Crippen LogP contribution < -0.4 is 0 Å². The van der Waals surface area contributed by atoms with Crippen LogP contribution in [-0.4, -0.2) is 59.1 Å². The lowest BCUT2D eigenvalue weighted by Gasteiger charge is -2.24. The fourth-order valence-corrected chi connectivity index (χ4v) is 2.28. The lowest BCUT2D eigenvalue weighted by molar-refractivity contribution is -0.0149. The molecule has 0 bridgehead atoms. The smallest absolute Gasteiger partial charge is 0.234 e. The van der Waals surface area contributed by atoms with Gasteiger partial charge in [-0.15, -0.1) is 0 Å². The van der Waals surface area contributed by atoms with Crippen molar-refractivity contribution in [3.8, 4) is 0 Å². The summed E-state index contributed by atoms with van der Waals surface area (Å²) in [4.78, 5) is 6.69. The molecule has 1 aliphatic heterocycles. The molecule has 0 radical (unpaired) electrons. The standard InChI is InChI=1S/C13H23N3O3/c1-3-16(4-2)7-5-12-14-13(19-15-12)10-9-18-8-6-11(10)17/h10-11,17H,3-9H2,1-2H3. The van der Waals surface area contributed by atoms with E-state index in [0.717, 1.165) is 26.1 Å². The molecule has 1 fully saturated rings. The SMILES string of the molecule is CCN(CC)CCc1noc(C2COCCC2O)n1. The summed E-state index contributed by atoms with van der Waals surface area (Å²) < 4.78 is 10.6. The number of likely N-dealkylation sites (N-methyl/N-ethyl adjacent to an activating group) is 1. The Kier molecular flexibility index (Phi) is 5.30. The van der Waals surface area contributed by atoms with Crippen molar-refractivity contribution >= 4 is 0 Å². The first kappa shape index (κ1) is 14.4. The van der Waals surface area contributed by atoms with Gasteiger partial charge in [0.15, 0.2) is 5.82 Å². The van der Waals surface area contributed by atoms with Gasteiger partial charge in [-0.2, -0.15) is 4.98 Å². The number of hydrogen-bond acceptors (Lipinski definition) is 6.